The Morgan fingerprint density at radius 1 is 1.26 bits per heavy atom. The van der Waals surface area contributed by atoms with Crippen molar-refractivity contribution in [3.63, 3.8) is 0 Å². The fourth-order valence-corrected chi connectivity index (χ4v) is 3.84. The summed E-state index contributed by atoms with van der Waals surface area (Å²) >= 11 is 4.63. The van der Waals surface area contributed by atoms with Gasteiger partial charge in [-0.05, 0) is 59.3 Å². The number of halogens is 2. The van der Waals surface area contributed by atoms with Gasteiger partial charge in [-0.15, -0.1) is 11.3 Å². The highest BCUT2D eigenvalue weighted by Crippen LogP contribution is 2.23. The van der Waals surface area contributed by atoms with E-state index in [1.54, 1.807) is 44.3 Å². The number of hydrogen-bond donors (Lipinski definition) is 1. The molecule has 9 heteroatoms. The van der Waals surface area contributed by atoms with Crippen LogP contribution in [0.3, 0.4) is 0 Å². The first kappa shape index (κ1) is 19.2. The van der Waals surface area contributed by atoms with Crippen LogP contribution in [0.4, 0.5) is 10.2 Å². The molecule has 0 radical (unpaired) electrons. The number of amides is 2. The van der Waals surface area contributed by atoms with Crippen LogP contribution in [0.25, 0.3) is 5.69 Å². The summed E-state index contributed by atoms with van der Waals surface area (Å²) in [6.07, 6.45) is 0. The summed E-state index contributed by atoms with van der Waals surface area (Å²) in [7, 11) is 1.57. The number of carbonyl (C=O) groups excluding carboxylic acids is 2. The summed E-state index contributed by atoms with van der Waals surface area (Å²) in [6.45, 7) is 1.68. The molecule has 1 N–H and O–H groups in total. The third-order valence-electron chi connectivity index (χ3n) is 3.68. The highest BCUT2D eigenvalue weighted by atomic mass is 79.9. The van der Waals surface area contributed by atoms with E-state index < -0.39 is 0 Å². The molecule has 140 valence electrons. The lowest BCUT2D eigenvalue weighted by Crippen LogP contribution is -2.34. The van der Waals surface area contributed by atoms with Crippen LogP contribution in [0, 0.1) is 12.7 Å². The number of nitrogens with one attached hydrogen (secondary N) is 1. The predicted molar refractivity (Wildman–Crippen MR) is 106 cm³/mol. The summed E-state index contributed by atoms with van der Waals surface area (Å²) in [5, 5.41) is 7.08. The third kappa shape index (κ3) is 4.61. The summed E-state index contributed by atoms with van der Waals surface area (Å²) in [5.74, 6) is -0.494. The maximum absolute atomic E-state index is 13.1. The second kappa shape index (κ2) is 8.01. The van der Waals surface area contributed by atoms with E-state index in [0.717, 1.165) is 3.79 Å². The molecular formula is C18H16BrFN4O2S. The molecule has 6 nitrogen and oxygen atoms in total. The Balaban J connectivity index is 1.71. The smallest absolute Gasteiger partial charge is 0.264 e. The van der Waals surface area contributed by atoms with E-state index in [4.69, 9.17) is 0 Å². The van der Waals surface area contributed by atoms with Crippen LogP contribution in [0.2, 0.25) is 0 Å². The Hall–Kier alpha value is -2.52. The van der Waals surface area contributed by atoms with Gasteiger partial charge in [0.2, 0.25) is 5.91 Å². The minimum absolute atomic E-state index is 0.109. The first-order chi connectivity index (χ1) is 12.8. The number of anilines is 1. The molecule has 2 amide bonds. The fourth-order valence-electron chi connectivity index (χ4n) is 2.45. The molecule has 0 bridgehead atoms. The van der Waals surface area contributed by atoms with Gasteiger partial charge < -0.3 is 10.2 Å². The largest absolute Gasteiger partial charge is 0.332 e. The number of aromatic nitrogens is 2. The second-order valence-corrected chi connectivity index (χ2v) is 8.34. The lowest BCUT2D eigenvalue weighted by Gasteiger charge is -2.16. The van der Waals surface area contributed by atoms with Gasteiger partial charge in [-0.25, -0.2) is 9.07 Å². The van der Waals surface area contributed by atoms with Crippen LogP contribution in [0.15, 0.2) is 46.3 Å². The van der Waals surface area contributed by atoms with E-state index in [-0.39, 0.29) is 24.2 Å². The Labute approximate surface area is 167 Å². The molecule has 0 aliphatic heterocycles. The summed E-state index contributed by atoms with van der Waals surface area (Å²) < 4.78 is 15.5. The van der Waals surface area contributed by atoms with Crippen LogP contribution >= 0.6 is 27.3 Å². The van der Waals surface area contributed by atoms with E-state index in [1.165, 1.54) is 33.1 Å². The molecule has 2 heterocycles. The number of rotatable bonds is 5. The number of hydrogen-bond acceptors (Lipinski definition) is 4. The number of carbonyl (C=O) groups is 2. The lowest BCUT2D eigenvalue weighted by atomic mass is 10.3. The van der Waals surface area contributed by atoms with Gasteiger partial charge in [-0.3, -0.25) is 9.59 Å². The molecule has 0 spiro atoms. The molecule has 0 aliphatic carbocycles. The van der Waals surface area contributed by atoms with Crippen LogP contribution in [-0.4, -0.2) is 40.1 Å². The Bertz CT molecular complexity index is 984. The van der Waals surface area contributed by atoms with Crippen molar-refractivity contribution < 1.29 is 14.0 Å². The SMILES string of the molecule is Cc1cc(NC(=O)CN(C)C(=O)c2ccc(Br)s2)n(-c2ccc(F)cc2)n1. The van der Waals surface area contributed by atoms with Crippen LogP contribution < -0.4 is 5.32 Å². The molecular weight excluding hydrogens is 435 g/mol. The number of thiophene rings is 1. The topological polar surface area (TPSA) is 67.2 Å². The molecule has 0 atom stereocenters. The summed E-state index contributed by atoms with van der Waals surface area (Å²) in [4.78, 5) is 26.6. The van der Waals surface area contributed by atoms with Gasteiger partial charge in [-0.1, -0.05) is 0 Å². The Kier molecular flexibility index (Phi) is 5.71. The van der Waals surface area contributed by atoms with E-state index in [0.29, 0.717) is 22.1 Å². The molecule has 2 aromatic heterocycles. The van der Waals surface area contributed by atoms with E-state index in [2.05, 4.69) is 26.3 Å². The number of aryl methyl sites for hydroxylation is 1. The fraction of sp³-hybridized carbons (Fsp3) is 0.167. The number of nitrogens with zero attached hydrogens (tertiary/aromatic N) is 3. The van der Waals surface area contributed by atoms with Crippen molar-refractivity contribution in [3.05, 3.63) is 62.6 Å². The standard InChI is InChI=1S/C18H16BrFN4O2S/c1-11-9-16(24(22-11)13-5-3-12(20)4-6-13)21-17(25)10-23(2)18(26)14-7-8-15(19)27-14/h3-9H,10H2,1-2H3,(H,21,25). The Morgan fingerprint density at radius 2 is 1.96 bits per heavy atom. The second-order valence-electron chi connectivity index (χ2n) is 5.87. The van der Waals surface area contributed by atoms with Crippen molar-refractivity contribution in [2.45, 2.75) is 6.92 Å². The zero-order valence-corrected chi connectivity index (χ0v) is 17.0. The average molecular weight is 451 g/mol. The van der Waals surface area contributed by atoms with Crippen molar-refractivity contribution in [3.8, 4) is 5.69 Å². The highest BCUT2D eigenvalue weighted by molar-refractivity contribution is 9.11. The zero-order valence-electron chi connectivity index (χ0n) is 14.6. The van der Waals surface area contributed by atoms with Gasteiger partial charge >= 0.3 is 0 Å². The number of benzene rings is 1. The molecule has 0 saturated carbocycles. The average Bonchev–Trinajstić information content (AvgIpc) is 3.20. The van der Waals surface area contributed by atoms with Crippen molar-refractivity contribution >= 4 is 44.9 Å². The third-order valence-corrected chi connectivity index (χ3v) is 5.29. The quantitative estimate of drug-likeness (QED) is 0.641. The first-order valence-electron chi connectivity index (χ1n) is 7.97. The van der Waals surface area contributed by atoms with Crippen LogP contribution in [0.5, 0.6) is 0 Å². The van der Waals surface area contributed by atoms with Crippen molar-refractivity contribution in [2.24, 2.45) is 0 Å². The van der Waals surface area contributed by atoms with Gasteiger partial charge in [0.05, 0.1) is 26.6 Å². The van der Waals surface area contributed by atoms with Gasteiger partial charge in [0, 0.05) is 13.1 Å². The monoisotopic (exact) mass is 450 g/mol. The number of likely N-dealkylation sites (N-methyl/N-ethyl adjacent to an activating group) is 1. The maximum atomic E-state index is 13.1. The minimum atomic E-state index is -0.357. The van der Waals surface area contributed by atoms with E-state index >= 15 is 0 Å². The zero-order chi connectivity index (χ0) is 19.6. The molecule has 27 heavy (non-hydrogen) atoms. The molecule has 0 saturated heterocycles. The van der Waals surface area contributed by atoms with Gasteiger partial charge in [-0.2, -0.15) is 5.10 Å². The summed E-state index contributed by atoms with van der Waals surface area (Å²) in [6, 6.07) is 11.0. The molecule has 3 rings (SSSR count). The van der Waals surface area contributed by atoms with Gasteiger partial charge in [0.15, 0.2) is 0 Å². The normalized spacial score (nSPS) is 10.7. The minimum Gasteiger partial charge on any atom is -0.332 e. The van der Waals surface area contributed by atoms with Gasteiger partial charge in [0.25, 0.3) is 5.91 Å². The van der Waals surface area contributed by atoms with Crippen LogP contribution in [-0.2, 0) is 4.79 Å². The van der Waals surface area contributed by atoms with Crippen molar-refractivity contribution in [1.82, 2.24) is 14.7 Å². The summed E-state index contributed by atoms with van der Waals surface area (Å²) in [5.41, 5.74) is 1.31. The Morgan fingerprint density at radius 3 is 2.59 bits per heavy atom. The van der Waals surface area contributed by atoms with E-state index in [9.17, 15) is 14.0 Å². The van der Waals surface area contributed by atoms with Crippen molar-refractivity contribution in [1.29, 1.82) is 0 Å². The molecule has 3 aromatic rings. The first-order valence-corrected chi connectivity index (χ1v) is 9.57. The maximum Gasteiger partial charge on any atom is 0.264 e. The lowest BCUT2D eigenvalue weighted by molar-refractivity contribution is -0.116. The van der Waals surface area contributed by atoms with Crippen LogP contribution in [0.1, 0.15) is 15.4 Å². The molecule has 0 unspecified atom stereocenters. The highest BCUT2D eigenvalue weighted by Gasteiger charge is 2.18. The predicted octanol–water partition coefficient (Wildman–Crippen LogP) is 3.85. The molecule has 0 aliphatic rings. The molecule has 1 aromatic carbocycles. The van der Waals surface area contributed by atoms with Gasteiger partial charge in [0.1, 0.15) is 11.6 Å². The van der Waals surface area contributed by atoms with E-state index in [1.807, 2.05) is 0 Å². The molecule has 0 fully saturated rings. The van der Waals surface area contributed by atoms with Crippen molar-refractivity contribution in [2.75, 3.05) is 18.9 Å².